The van der Waals surface area contributed by atoms with E-state index in [0.29, 0.717) is 44.6 Å². The van der Waals surface area contributed by atoms with E-state index in [1.165, 1.54) is 0 Å². The molecule has 0 spiro atoms. The van der Waals surface area contributed by atoms with Crippen molar-refractivity contribution < 1.29 is 14.3 Å². The number of rotatable bonds is 6. The van der Waals surface area contributed by atoms with Crippen molar-refractivity contribution in [3.63, 3.8) is 0 Å². The largest absolute Gasteiger partial charge is 0.497 e. The SMILES string of the molecule is COc1ccc(CCC(=O)N2CCN(C(=O)c3cc(C)n(-c4ccccn4)c3C)CC2)cc1. The average Bonchev–Trinajstić information content (AvgIpc) is 3.16. The number of methoxy groups -OCH3 is 1. The van der Waals surface area contributed by atoms with Crippen molar-refractivity contribution >= 4 is 11.8 Å². The van der Waals surface area contributed by atoms with Crippen LogP contribution in [0.5, 0.6) is 5.75 Å². The number of hydrogen-bond donors (Lipinski definition) is 0. The van der Waals surface area contributed by atoms with Crippen molar-refractivity contribution in [3.05, 3.63) is 77.2 Å². The minimum absolute atomic E-state index is 0.00983. The maximum atomic E-state index is 13.2. The number of pyridine rings is 1. The van der Waals surface area contributed by atoms with E-state index < -0.39 is 0 Å². The Kier molecular flexibility index (Phi) is 6.77. The molecule has 1 saturated heterocycles. The summed E-state index contributed by atoms with van der Waals surface area (Å²) in [7, 11) is 1.64. The Morgan fingerprint density at radius 2 is 1.67 bits per heavy atom. The van der Waals surface area contributed by atoms with Crippen LogP contribution in [0.3, 0.4) is 0 Å². The molecule has 1 aromatic carbocycles. The predicted molar refractivity (Wildman–Crippen MR) is 127 cm³/mol. The summed E-state index contributed by atoms with van der Waals surface area (Å²) >= 11 is 0. The summed E-state index contributed by atoms with van der Waals surface area (Å²) in [6, 6.07) is 15.5. The number of ether oxygens (including phenoxy) is 1. The van der Waals surface area contributed by atoms with Gasteiger partial charge in [-0.2, -0.15) is 0 Å². The molecule has 0 radical (unpaired) electrons. The zero-order valence-electron chi connectivity index (χ0n) is 19.5. The molecule has 0 unspecified atom stereocenters. The maximum Gasteiger partial charge on any atom is 0.255 e. The molecule has 3 heterocycles. The van der Waals surface area contributed by atoms with Crippen LogP contribution in [0.15, 0.2) is 54.7 Å². The summed E-state index contributed by atoms with van der Waals surface area (Å²) in [6.45, 7) is 6.14. The summed E-state index contributed by atoms with van der Waals surface area (Å²) in [6.07, 6.45) is 2.91. The zero-order valence-corrected chi connectivity index (χ0v) is 19.5. The molecular formula is C26H30N4O3. The Morgan fingerprint density at radius 1 is 0.970 bits per heavy atom. The van der Waals surface area contributed by atoms with Crippen molar-refractivity contribution in [1.29, 1.82) is 0 Å². The highest BCUT2D eigenvalue weighted by molar-refractivity contribution is 5.96. The van der Waals surface area contributed by atoms with Crippen LogP contribution in [0.25, 0.3) is 5.82 Å². The van der Waals surface area contributed by atoms with Gasteiger partial charge >= 0.3 is 0 Å². The van der Waals surface area contributed by atoms with E-state index in [4.69, 9.17) is 4.74 Å². The van der Waals surface area contributed by atoms with E-state index in [9.17, 15) is 9.59 Å². The first kappa shape index (κ1) is 22.6. The number of aryl methyl sites for hydroxylation is 2. The molecule has 2 amide bonds. The molecule has 1 aliphatic rings. The second-order valence-corrected chi connectivity index (χ2v) is 8.33. The van der Waals surface area contributed by atoms with Crippen molar-refractivity contribution in [1.82, 2.24) is 19.4 Å². The molecule has 0 aliphatic carbocycles. The molecule has 0 N–H and O–H groups in total. The number of carbonyl (C=O) groups excluding carboxylic acids is 2. The predicted octanol–water partition coefficient (Wildman–Crippen LogP) is 3.41. The smallest absolute Gasteiger partial charge is 0.255 e. The lowest BCUT2D eigenvalue weighted by Gasteiger charge is -2.35. The number of amides is 2. The second-order valence-electron chi connectivity index (χ2n) is 8.33. The molecule has 0 bridgehead atoms. The Balaban J connectivity index is 1.34. The van der Waals surface area contributed by atoms with E-state index in [0.717, 1.165) is 28.5 Å². The number of nitrogens with zero attached hydrogens (tertiary/aromatic N) is 4. The van der Waals surface area contributed by atoms with Gasteiger partial charge in [-0.25, -0.2) is 4.98 Å². The van der Waals surface area contributed by atoms with Crippen LogP contribution in [-0.4, -0.2) is 64.5 Å². The van der Waals surface area contributed by atoms with E-state index >= 15 is 0 Å². The molecule has 33 heavy (non-hydrogen) atoms. The molecule has 1 aliphatic heterocycles. The van der Waals surface area contributed by atoms with Crippen molar-refractivity contribution in [2.75, 3.05) is 33.3 Å². The molecule has 172 valence electrons. The Hall–Kier alpha value is -3.61. The van der Waals surface area contributed by atoms with Gasteiger partial charge in [-0.3, -0.25) is 9.59 Å². The number of benzene rings is 1. The Morgan fingerprint density at radius 3 is 2.30 bits per heavy atom. The Bertz CT molecular complexity index is 1110. The normalized spacial score (nSPS) is 13.8. The lowest BCUT2D eigenvalue weighted by molar-refractivity contribution is -0.132. The van der Waals surface area contributed by atoms with Gasteiger partial charge in [0.05, 0.1) is 12.7 Å². The molecule has 0 saturated carbocycles. The quantitative estimate of drug-likeness (QED) is 0.582. The van der Waals surface area contributed by atoms with E-state index in [2.05, 4.69) is 4.98 Å². The number of hydrogen-bond acceptors (Lipinski definition) is 4. The lowest BCUT2D eigenvalue weighted by Crippen LogP contribution is -2.50. The van der Waals surface area contributed by atoms with E-state index in [1.807, 2.05) is 76.7 Å². The third kappa shape index (κ3) is 4.92. The van der Waals surface area contributed by atoms with Gasteiger partial charge in [-0.15, -0.1) is 0 Å². The monoisotopic (exact) mass is 446 g/mol. The molecule has 3 aromatic rings. The van der Waals surface area contributed by atoms with Gasteiger partial charge in [0.2, 0.25) is 5.91 Å². The fourth-order valence-electron chi connectivity index (χ4n) is 4.35. The molecule has 4 rings (SSSR count). The first-order valence-electron chi connectivity index (χ1n) is 11.3. The van der Waals surface area contributed by atoms with Gasteiger partial charge in [0.15, 0.2) is 0 Å². The van der Waals surface area contributed by atoms with Crippen molar-refractivity contribution in [3.8, 4) is 11.6 Å². The van der Waals surface area contributed by atoms with Crippen LogP contribution in [0, 0.1) is 13.8 Å². The summed E-state index contributed by atoms with van der Waals surface area (Å²) in [5, 5.41) is 0. The third-order valence-corrected chi connectivity index (χ3v) is 6.25. The fraction of sp³-hybridized carbons (Fsp3) is 0.346. The van der Waals surface area contributed by atoms with Crippen LogP contribution in [-0.2, 0) is 11.2 Å². The molecule has 0 atom stereocenters. The van der Waals surface area contributed by atoms with Crippen LogP contribution < -0.4 is 4.74 Å². The molecule has 7 heteroatoms. The minimum atomic E-state index is 0.00983. The Labute approximate surface area is 194 Å². The van der Waals surface area contributed by atoms with Crippen molar-refractivity contribution in [2.24, 2.45) is 0 Å². The van der Waals surface area contributed by atoms with Crippen LogP contribution >= 0.6 is 0 Å². The first-order chi connectivity index (χ1) is 16.0. The highest BCUT2D eigenvalue weighted by atomic mass is 16.5. The highest BCUT2D eigenvalue weighted by Crippen LogP contribution is 2.22. The van der Waals surface area contributed by atoms with Gasteiger partial charge in [-0.05, 0) is 56.2 Å². The number of aromatic nitrogens is 2. The summed E-state index contributed by atoms with van der Waals surface area (Å²) in [5.41, 5.74) is 3.66. The van der Waals surface area contributed by atoms with Crippen LogP contribution in [0.1, 0.15) is 33.7 Å². The number of carbonyl (C=O) groups is 2. The minimum Gasteiger partial charge on any atom is -0.497 e. The molecule has 2 aromatic heterocycles. The van der Waals surface area contributed by atoms with Crippen LogP contribution in [0.2, 0.25) is 0 Å². The fourth-order valence-corrected chi connectivity index (χ4v) is 4.35. The third-order valence-electron chi connectivity index (χ3n) is 6.25. The molecule has 7 nitrogen and oxygen atoms in total. The topological polar surface area (TPSA) is 67.7 Å². The standard InChI is InChI=1S/C26H30N4O3/c1-19-18-23(20(2)30(19)24-6-4-5-13-27-24)26(32)29-16-14-28(15-17-29)25(31)12-9-21-7-10-22(33-3)11-8-21/h4-8,10-11,13,18H,9,12,14-17H2,1-3H3. The van der Waals surface area contributed by atoms with Gasteiger partial charge in [-0.1, -0.05) is 18.2 Å². The van der Waals surface area contributed by atoms with Crippen LogP contribution in [0.4, 0.5) is 0 Å². The molecular weight excluding hydrogens is 416 g/mol. The summed E-state index contributed by atoms with van der Waals surface area (Å²) < 4.78 is 7.18. The molecule has 1 fully saturated rings. The average molecular weight is 447 g/mol. The van der Waals surface area contributed by atoms with Gasteiger partial charge in [0, 0.05) is 50.2 Å². The summed E-state index contributed by atoms with van der Waals surface area (Å²) in [4.78, 5) is 34.1. The lowest BCUT2D eigenvalue weighted by atomic mass is 10.1. The van der Waals surface area contributed by atoms with E-state index in [1.54, 1.807) is 13.3 Å². The first-order valence-corrected chi connectivity index (χ1v) is 11.3. The maximum absolute atomic E-state index is 13.2. The zero-order chi connectivity index (χ0) is 23.4. The summed E-state index contributed by atoms with van der Waals surface area (Å²) in [5.74, 6) is 1.76. The van der Waals surface area contributed by atoms with Gasteiger partial charge < -0.3 is 19.1 Å². The van der Waals surface area contributed by atoms with Gasteiger partial charge in [0.25, 0.3) is 5.91 Å². The van der Waals surface area contributed by atoms with E-state index in [-0.39, 0.29) is 11.8 Å². The number of piperazine rings is 1. The van der Waals surface area contributed by atoms with Gasteiger partial charge in [0.1, 0.15) is 11.6 Å². The van der Waals surface area contributed by atoms with Crippen molar-refractivity contribution in [2.45, 2.75) is 26.7 Å². The second kappa shape index (κ2) is 9.90. The highest BCUT2D eigenvalue weighted by Gasteiger charge is 2.27.